The van der Waals surface area contributed by atoms with Crippen molar-refractivity contribution in [1.82, 2.24) is 5.32 Å². The molecule has 1 amide bonds. The van der Waals surface area contributed by atoms with Gasteiger partial charge < -0.3 is 10.4 Å². The van der Waals surface area contributed by atoms with Gasteiger partial charge in [-0.2, -0.15) is 0 Å². The van der Waals surface area contributed by atoms with Crippen LogP contribution in [0.5, 0.6) is 0 Å². The second kappa shape index (κ2) is 7.19. The third-order valence-corrected chi connectivity index (χ3v) is 4.29. The highest BCUT2D eigenvalue weighted by atomic mass is 32.2. The van der Waals surface area contributed by atoms with E-state index in [1.54, 1.807) is 0 Å². The molecule has 1 aromatic rings. The van der Waals surface area contributed by atoms with Crippen molar-refractivity contribution >= 4 is 22.7 Å². The van der Waals surface area contributed by atoms with Gasteiger partial charge in [0.15, 0.2) is 0 Å². The van der Waals surface area contributed by atoms with E-state index in [4.69, 9.17) is 5.11 Å². The molecule has 1 rings (SSSR count). The van der Waals surface area contributed by atoms with E-state index < -0.39 is 28.7 Å². The molecular formula is C14H19NO4S. The first-order valence-electron chi connectivity index (χ1n) is 6.20. The third-order valence-electron chi connectivity index (χ3n) is 2.93. The standard InChI is InChI=1S/C14H19NO4S/c1-9-4-5-12(6-10(9)2)7-20(19)8-13(14(17)18)15-11(3)16/h4-6,13H,7-8H2,1-3H3,(H,15,16)(H,17,18)/t13-,20?/m0/s1. The van der Waals surface area contributed by atoms with Crippen molar-refractivity contribution in [3.63, 3.8) is 0 Å². The fraction of sp³-hybridized carbons (Fsp3) is 0.429. The zero-order chi connectivity index (χ0) is 15.3. The Kier molecular flexibility index (Phi) is 5.88. The summed E-state index contributed by atoms with van der Waals surface area (Å²) in [5.74, 6) is -1.43. The molecule has 2 atom stereocenters. The predicted molar refractivity (Wildman–Crippen MR) is 77.9 cm³/mol. The zero-order valence-corrected chi connectivity index (χ0v) is 12.6. The van der Waals surface area contributed by atoms with Gasteiger partial charge in [-0.25, -0.2) is 4.79 Å². The number of rotatable bonds is 6. The fourth-order valence-electron chi connectivity index (χ4n) is 1.74. The Labute approximate surface area is 120 Å². The Balaban J connectivity index is 2.67. The number of hydrogen-bond donors (Lipinski definition) is 2. The molecule has 0 spiro atoms. The molecule has 0 aliphatic heterocycles. The number of amides is 1. The van der Waals surface area contributed by atoms with Gasteiger partial charge in [-0.1, -0.05) is 18.2 Å². The summed E-state index contributed by atoms with van der Waals surface area (Å²) >= 11 is 0. The molecule has 0 saturated carbocycles. The monoisotopic (exact) mass is 297 g/mol. The largest absolute Gasteiger partial charge is 0.480 e. The second-order valence-electron chi connectivity index (χ2n) is 4.76. The van der Waals surface area contributed by atoms with Crippen molar-refractivity contribution in [3.05, 3.63) is 34.9 Å². The van der Waals surface area contributed by atoms with E-state index in [0.29, 0.717) is 0 Å². The molecule has 0 radical (unpaired) electrons. The van der Waals surface area contributed by atoms with Crippen LogP contribution in [0, 0.1) is 13.8 Å². The number of hydrogen-bond acceptors (Lipinski definition) is 3. The molecule has 20 heavy (non-hydrogen) atoms. The Morgan fingerprint density at radius 1 is 1.30 bits per heavy atom. The maximum absolute atomic E-state index is 12.0. The quantitative estimate of drug-likeness (QED) is 0.825. The number of carboxylic acids is 1. The number of nitrogens with one attached hydrogen (secondary N) is 1. The van der Waals surface area contributed by atoms with Crippen molar-refractivity contribution in [2.75, 3.05) is 5.75 Å². The van der Waals surface area contributed by atoms with Crippen LogP contribution in [0.15, 0.2) is 18.2 Å². The summed E-state index contributed by atoms with van der Waals surface area (Å²) in [6.07, 6.45) is 0. The molecule has 5 nitrogen and oxygen atoms in total. The Morgan fingerprint density at radius 3 is 2.45 bits per heavy atom. The highest BCUT2D eigenvalue weighted by molar-refractivity contribution is 7.84. The Hall–Kier alpha value is -1.69. The van der Waals surface area contributed by atoms with Crippen LogP contribution in [0.1, 0.15) is 23.6 Å². The summed E-state index contributed by atoms with van der Waals surface area (Å²) in [6.45, 7) is 5.20. The van der Waals surface area contributed by atoms with E-state index >= 15 is 0 Å². The average molecular weight is 297 g/mol. The van der Waals surface area contributed by atoms with Gasteiger partial charge in [0.1, 0.15) is 6.04 Å². The molecule has 0 bridgehead atoms. The average Bonchev–Trinajstić information content (AvgIpc) is 2.32. The first-order chi connectivity index (χ1) is 9.29. The lowest BCUT2D eigenvalue weighted by atomic mass is 10.1. The van der Waals surface area contributed by atoms with Crippen LogP contribution in [0.2, 0.25) is 0 Å². The van der Waals surface area contributed by atoms with Crippen LogP contribution < -0.4 is 5.32 Å². The zero-order valence-electron chi connectivity index (χ0n) is 11.8. The van der Waals surface area contributed by atoms with E-state index in [1.807, 2.05) is 32.0 Å². The van der Waals surface area contributed by atoms with Gasteiger partial charge in [0.05, 0.1) is 5.75 Å². The topological polar surface area (TPSA) is 83.5 Å². The third kappa shape index (κ3) is 5.13. The van der Waals surface area contributed by atoms with Gasteiger partial charge in [0.25, 0.3) is 0 Å². The minimum Gasteiger partial charge on any atom is -0.480 e. The number of aliphatic carboxylic acids is 1. The van der Waals surface area contributed by atoms with E-state index in [0.717, 1.165) is 16.7 Å². The molecular weight excluding hydrogens is 278 g/mol. The predicted octanol–water partition coefficient (Wildman–Crippen LogP) is 1.14. The molecule has 1 aromatic carbocycles. The van der Waals surface area contributed by atoms with Gasteiger partial charge in [0.2, 0.25) is 5.91 Å². The molecule has 0 aromatic heterocycles. The van der Waals surface area contributed by atoms with E-state index in [-0.39, 0.29) is 11.5 Å². The normalized spacial score (nSPS) is 13.6. The SMILES string of the molecule is CC(=O)N[C@@H](CS(=O)Cc1ccc(C)c(C)c1)C(=O)O. The molecule has 2 N–H and O–H groups in total. The summed E-state index contributed by atoms with van der Waals surface area (Å²) < 4.78 is 12.0. The first kappa shape index (κ1) is 16.4. The van der Waals surface area contributed by atoms with Crippen LogP contribution >= 0.6 is 0 Å². The number of benzene rings is 1. The van der Waals surface area contributed by atoms with Crippen molar-refractivity contribution in [2.24, 2.45) is 0 Å². The minimum atomic E-state index is -1.35. The van der Waals surface area contributed by atoms with Gasteiger partial charge in [0, 0.05) is 23.5 Å². The highest BCUT2D eigenvalue weighted by Crippen LogP contribution is 2.12. The summed E-state index contributed by atoms with van der Waals surface area (Å²) in [5, 5.41) is 11.3. The van der Waals surface area contributed by atoms with Crippen LogP contribution in [0.25, 0.3) is 0 Å². The van der Waals surface area contributed by atoms with Gasteiger partial charge in [-0.05, 0) is 30.5 Å². The Bertz CT molecular complexity index is 542. The molecule has 0 saturated heterocycles. The van der Waals surface area contributed by atoms with E-state index in [9.17, 15) is 13.8 Å². The van der Waals surface area contributed by atoms with Crippen LogP contribution in [-0.4, -0.2) is 33.0 Å². The summed E-state index contributed by atoms with van der Waals surface area (Å²) in [5.41, 5.74) is 3.16. The molecule has 0 aliphatic rings. The van der Waals surface area contributed by atoms with Crippen LogP contribution in [0.4, 0.5) is 0 Å². The van der Waals surface area contributed by atoms with Crippen molar-refractivity contribution in [1.29, 1.82) is 0 Å². The Morgan fingerprint density at radius 2 is 1.95 bits per heavy atom. The first-order valence-corrected chi connectivity index (χ1v) is 7.69. The van der Waals surface area contributed by atoms with Gasteiger partial charge >= 0.3 is 5.97 Å². The lowest BCUT2D eigenvalue weighted by Crippen LogP contribution is -2.43. The minimum absolute atomic E-state index is 0.0954. The number of carbonyl (C=O) groups is 2. The smallest absolute Gasteiger partial charge is 0.327 e. The number of aryl methyl sites for hydroxylation is 2. The maximum Gasteiger partial charge on any atom is 0.327 e. The second-order valence-corrected chi connectivity index (χ2v) is 6.26. The number of carbonyl (C=O) groups excluding carboxylic acids is 1. The highest BCUT2D eigenvalue weighted by Gasteiger charge is 2.21. The van der Waals surface area contributed by atoms with E-state index in [1.165, 1.54) is 6.92 Å². The molecule has 1 unspecified atom stereocenters. The summed E-state index contributed by atoms with van der Waals surface area (Å²) in [4.78, 5) is 21.9. The summed E-state index contributed by atoms with van der Waals surface area (Å²) in [7, 11) is -1.35. The van der Waals surface area contributed by atoms with Crippen molar-refractivity contribution in [2.45, 2.75) is 32.6 Å². The molecule has 0 fully saturated rings. The van der Waals surface area contributed by atoms with Crippen molar-refractivity contribution < 1.29 is 18.9 Å². The number of carboxylic acid groups (broad SMARTS) is 1. The van der Waals surface area contributed by atoms with Crippen LogP contribution in [0.3, 0.4) is 0 Å². The van der Waals surface area contributed by atoms with Gasteiger partial charge in [-0.15, -0.1) is 0 Å². The molecule has 0 heterocycles. The maximum atomic E-state index is 12.0. The lowest BCUT2D eigenvalue weighted by molar-refractivity contribution is -0.140. The summed E-state index contributed by atoms with van der Waals surface area (Å²) in [6, 6.07) is 4.67. The van der Waals surface area contributed by atoms with E-state index in [2.05, 4.69) is 5.32 Å². The fourth-order valence-corrected chi connectivity index (χ4v) is 3.01. The van der Waals surface area contributed by atoms with Crippen LogP contribution in [-0.2, 0) is 26.1 Å². The molecule has 0 aliphatic carbocycles. The molecule has 6 heteroatoms. The molecule has 110 valence electrons. The van der Waals surface area contributed by atoms with Crippen molar-refractivity contribution in [3.8, 4) is 0 Å². The van der Waals surface area contributed by atoms with Gasteiger partial charge in [-0.3, -0.25) is 9.00 Å². The lowest BCUT2D eigenvalue weighted by Gasteiger charge is -2.13.